The zero-order valence-electron chi connectivity index (χ0n) is 16.7. The first-order chi connectivity index (χ1) is 14.2. The fourth-order valence-corrected chi connectivity index (χ4v) is 2.92. The number of halogens is 2. The van der Waals surface area contributed by atoms with Crippen molar-refractivity contribution in [1.29, 1.82) is 0 Å². The van der Waals surface area contributed by atoms with Crippen molar-refractivity contribution >= 4 is 28.5 Å². The highest BCUT2D eigenvalue weighted by Gasteiger charge is 2.21. The quantitative estimate of drug-likeness (QED) is 0.561. The van der Waals surface area contributed by atoms with Crippen molar-refractivity contribution < 1.29 is 32.3 Å². The molecule has 1 atom stereocenters. The maximum atomic E-state index is 12.5. The van der Waals surface area contributed by atoms with E-state index in [4.69, 9.17) is 9.15 Å². The van der Waals surface area contributed by atoms with Gasteiger partial charge in [-0.05, 0) is 56.2 Å². The van der Waals surface area contributed by atoms with E-state index in [0.717, 1.165) is 16.5 Å². The normalized spacial score (nSPS) is 12.1. The highest BCUT2D eigenvalue weighted by molar-refractivity contribution is 5.96. The van der Waals surface area contributed by atoms with E-state index in [1.165, 1.54) is 31.4 Å². The third-order valence-electron chi connectivity index (χ3n) is 4.64. The predicted molar refractivity (Wildman–Crippen MR) is 107 cm³/mol. The second kappa shape index (κ2) is 8.94. The number of furan rings is 1. The van der Waals surface area contributed by atoms with Crippen LogP contribution in [0.5, 0.6) is 5.75 Å². The average molecular weight is 417 g/mol. The fraction of sp³-hybridized carbons (Fsp3) is 0.273. The molecule has 0 aliphatic heterocycles. The van der Waals surface area contributed by atoms with Crippen molar-refractivity contribution in [3.05, 3.63) is 59.4 Å². The van der Waals surface area contributed by atoms with Gasteiger partial charge in [-0.25, -0.2) is 0 Å². The van der Waals surface area contributed by atoms with Crippen LogP contribution in [0, 0.1) is 13.8 Å². The number of amides is 1. The maximum Gasteiger partial charge on any atom is 0.387 e. The van der Waals surface area contributed by atoms with Gasteiger partial charge in [-0.3, -0.25) is 9.59 Å². The van der Waals surface area contributed by atoms with Gasteiger partial charge >= 0.3 is 12.6 Å². The molecule has 0 aliphatic carbocycles. The van der Waals surface area contributed by atoms with Crippen LogP contribution in [0.1, 0.15) is 23.6 Å². The molecule has 3 rings (SSSR count). The maximum absolute atomic E-state index is 12.5. The van der Waals surface area contributed by atoms with Crippen LogP contribution in [-0.4, -0.2) is 24.6 Å². The van der Waals surface area contributed by atoms with Crippen LogP contribution in [0.15, 0.2) is 47.1 Å². The SMILES string of the molecule is Cc1cc2occ(CC(=O)O[C@H](C)C(=O)Nc3ccccc3OC(F)F)c2cc1C. The van der Waals surface area contributed by atoms with Crippen LogP contribution in [0.25, 0.3) is 11.0 Å². The van der Waals surface area contributed by atoms with E-state index in [1.807, 2.05) is 26.0 Å². The molecule has 1 amide bonds. The van der Waals surface area contributed by atoms with Crippen molar-refractivity contribution in [2.24, 2.45) is 0 Å². The Morgan fingerprint density at radius 1 is 1.13 bits per heavy atom. The number of carbonyl (C=O) groups excluding carboxylic acids is 2. The lowest BCUT2D eigenvalue weighted by Gasteiger charge is -2.15. The zero-order chi connectivity index (χ0) is 21.8. The molecular weight excluding hydrogens is 396 g/mol. The summed E-state index contributed by atoms with van der Waals surface area (Å²) >= 11 is 0. The van der Waals surface area contributed by atoms with E-state index in [2.05, 4.69) is 10.1 Å². The minimum atomic E-state index is -3.03. The molecule has 158 valence electrons. The second-order valence-corrected chi connectivity index (χ2v) is 6.87. The molecule has 0 aliphatic rings. The number of carbonyl (C=O) groups is 2. The predicted octanol–water partition coefficient (Wildman–Crippen LogP) is 4.76. The Morgan fingerprint density at radius 3 is 2.57 bits per heavy atom. The number of fused-ring (bicyclic) bond motifs is 1. The summed E-state index contributed by atoms with van der Waals surface area (Å²) in [7, 11) is 0. The Balaban J connectivity index is 1.63. The summed E-state index contributed by atoms with van der Waals surface area (Å²) in [6, 6.07) is 9.59. The zero-order valence-corrected chi connectivity index (χ0v) is 16.7. The van der Waals surface area contributed by atoms with E-state index < -0.39 is 24.6 Å². The molecule has 0 fully saturated rings. The monoisotopic (exact) mass is 417 g/mol. The number of benzene rings is 2. The third kappa shape index (κ3) is 4.94. The number of esters is 1. The molecule has 1 aromatic heterocycles. The Morgan fingerprint density at radius 2 is 1.83 bits per heavy atom. The molecule has 6 nitrogen and oxygen atoms in total. The third-order valence-corrected chi connectivity index (χ3v) is 4.64. The summed E-state index contributed by atoms with van der Waals surface area (Å²) in [5.74, 6) is -1.47. The largest absolute Gasteiger partial charge is 0.464 e. The van der Waals surface area contributed by atoms with Crippen molar-refractivity contribution in [2.75, 3.05) is 5.32 Å². The Hall–Kier alpha value is -3.42. The smallest absolute Gasteiger partial charge is 0.387 e. The van der Waals surface area contributed by atoms with Crippen molar-refractivity contribution in [1.82, 2.24) is 0 Å². The number of para-hydroxylation sites is 2. The Labute approximate surface area is 171 Å². The fourth-order valence-electron chi connectivity index (χ4n) is 2.92. The van der Waals surface area contributed by atoms with Crippen LogP contribution in [0.4, 0.5) is 14.5 Å². The number of nitrogens with one attached hydrogen (secondary N) is 1. The summed E-state index contributed by atoms with van der Waals surface area (Å²) in [6.45, 7) is 2.29. The number of aryl methyl sites for hydroxylation is 2. The van der Waals surface area contributed by atoms with Gasteiger partial charge in [-0.2, -0.15) is 8.78 Å². The summed E-state index contributed by atoms with van der Waals surface area (Å²) in [5.41, 5.74) is 3.52. The number of ether oxygens (including phenoxy) is 2. The molecule has 2 aromatic carbocycles. The van der Waals surface area contributed by atoms with E-state index >= 15 is 0 Å². The number of hydrogen-bond donors (Lipinski definition) is 1. The molecule has 0 saturated carbocycles. The summed E-state index contributed by atoms with van der Waals surface area (Å²) in [6.07, 6.45) is 0.283. The number of hydrogen-bond acceptors (Lipinski definition) is 5. The molecule has 0 saturated heterocycles. The molecule has 1 N–H and O–H groups in total. The van der Waals surface area contributed by atoms with Crippen LogP contribution < -0.4 is 10.1 Å². The Bertz CT molecular complexity index is 1080. The van der Waals surface area contributed by atoms with Gasteiger partial charge in [0.25, 0.3) is 5.91 Å². The van der Waals surface area contributed by atoms with Gasteiger partial charge < -0.3 is 19.2 Å². The molecule has 8 heteroatoms. The molecule has 1 heterocycles. The van der Waals surface area contributed by atoms with Crippen LogP contribution in [0.3, 0.4) is 0 Å². The highest BCUT2D eigenvalue weighted by Crippen LogP contribution is 2.27. The second-order valence-electron chi connectivity index (χ2n) is 6.87. The molecule has 30 heavy (non-hydrogen) atoms. The molecular formula is C22H21F2NO5. The van der Waals surface area contributed by atoms with Crippen LogP contribution in [-0.2, 0) is 20.7 Å². The minimum absolute atomic E-state index is 0.0531. The molecule has 3 aromatic rings. The van der Waals surface area contributed by atoms with Gasteiger partial charge in [0.15, 0.2) is 6.10 Å². The highest BCUT2D eigenvalue weighted by atomic mass is 19.3. The summed E-state index contributed by atoms with van der Waals surface area (Å²) in [5, 5.41) is 3.24. The van der Waals surface area contributed by atoms with Gasteiger partial charge in [0.2, 0.25) is 0 Å². The first-order valence-electron chi connectivity index (χ1n) is 9.26. The van der Waals surface area contributed by atoms with Crippen molar-refractivity contribution in [3.8, 4) is 5.75 Å². The number of rotatable bonds is 7. The lowest BCUT2D eigenvalue weighted by atomic mass is 10.0. The topological polar surface area (TPSA) is 77.8 Å². The van der Waals surface area contributed by atoms with Crippen molar-refractivity contribution in [2.45, 2.75) is 39.9 Å². The molecule has 0 spiro atoms. The van der Waals surface area contributed by atoms with Gasteiger partial charge in [0.05, 0.1) is 18.4 Å². The van der Waals surface area contributed by atoms with Gasteiger partial charge in [0, 0.05) is 10.9 Å². The standard InChI is InChI=1S/C22H21F2NO5/c1-12-8-16-15(11-28-19(16)9-13(12)2)10-20(26)29-14(3)21(27)25-17-6-4-5-7-18(17)30-22(23)24/h4-9,11,14,22H,10H2,1-3H3,(H,25,27)/t14-/m1/s1. The van der Waals surface area contributed by atoms with Crippen LogP contribution in [0.2, 0.25) is 0 Å². The van der Waals surface area contributed by atoms with Gasteiger partial charge in [0.1, 0.15) is 11.3 Å². The lowest BCUT2D eigenvalue weighted by molar-refractivity contribution is -0.152. The van der Waals surface area contributed by atoms with Gasteiger partial charge in [-0.15, -0.1) is 0 Å². The number of anilines is 1. The first kappa shape index (κ1) is 21.3. The molecule has 0 radical (unpaired) electrons. The van der Waals surface area contributed by atoms with Crippen molar-refractivity contribution in [3.63, 3.8) is 0 Å². The lowest BCUT2D eigenvalue weighted by Crippen LogP contribution is -2.30. The number of alkyl halides is 2. The molecule has 0 bridgehead atoms. The van der Waals surface area contributed by atoms with E-state index in [1.54, 1.807) is 6.07 Å². The van der Waals surface area contributed by atoms with Gasteiger partial charge in [-0.1, -0.05) is 12.1 Å². The minimum Gasteiger partial charge on any atom is -0.464 e. The van der Waals surface area contributed by atoms with E-state index in [0.29, 0.717) is 11.1 Å². The van der Waals surface area contributed by atoms with E-state index in [-0.39, 0.29) is 17.9 Å². The Kier molecular flexibility index (Phi) is 6.34. The van der Waals surface area contributed by atoms with E-state index in [9.17, 15) is 18.4 Å². The molecule has 0 unspecified atom stereocenters. The summed E-state index contributed by atoms with van der Waals surface area (Å²) < 4.78 is 40.1. The first-order valence-corrected chi connectivity index (χ1v) is 9.26. The average Bonchev–Trinajstić information content (AvgIpc) is 3.04. The van der Waals surface area contributed by atoms with Crippen LogP contribution >= 0.6 is 0 Å². The summed E-state index contributed by atoms with van der Waals surface area (Å²) in [4.78, 5) is 24.7.